The van der Waals surface area contributed by atoms with Crippen molar-refractivity contribution >= 4 is 22.7 Å². The van der Waals surface area contributed by atoms with Gasteiger partial charge in [-0.05, 0) is 36.6 Å². The molecule has 0 bridgehead atoms. The molecule has 0 unspecified atom stereocenters. The Hall–Kier alpha value is -3.63. The Morgan fingerprint density at radius 2 is 2.06 bits per heavy atom. The molecule has 5 rings (SSSR count). The second kappa shape index (κ2) is 8.96. The number of hydrogen-bond donors (Lipinski definition) is 2. The summed E-state index contributed by atoms with van der Waals surface area (Å²) in [5, 5.41) is 0. The first kappa shape index (κ1) is 22.2. The number of pyridine rings is 1. The fourth-order valence-corrected chi connectivity index (χ4v) is 4.68. The Labute approximate surface area is 196 Å². The van der Waals surface area contributed by atoms with Gasteiger partial charge in [-0.15, -0.1) is 0 Å². The molecule has 1 aliphatic rings. The average Bonchev–Trinajstić information content (AvgIpc) is 3.23. The molecule has 1 saturated heterocycles. The lowest BCUT2D eigenvalue weighted by atomic mass is 9.90. The van der Waals surface area contributed by atoms with E-state index in [1.54, 1.807) is 19.5 Å². The Balaban J connectivity index is 1.57. The number of benzene rings is 1. The van der Waals surface area contributed by atoms with Crippen LogP contribution in [0.4, 0.5) is 15.9 Å². The molecule has 1 aliphatic heterocycles. The third kappa shape index (κ3) is 4.29. The van der Waals surface area contributed by atoms with E-state index in [0.29, 0.717) is 47.9 Å². The molecular formula is C24H27FN8O. The van der Waals surface area contributed by atoms with Crippen molar-refractivity contribution in [2.24, 2.45) is 5.73 Å². The monoisotopic (exact) mass is 462 g/mol. The highest BCUT2D eigenvalue weighted by atomic mass is 19.1. The molecule has 1 atom stereocenters. The number of methoxy groups -OCH3 is 1. The van der Waals surface area contributed by atoms with Gasteiger partial charge in [0, 0.05) is 25.8 Å². The lowest BCUT2D eigenvalue weighted by molar-refractivity contribution is 0.121. The zero-order chi connectivity index (χ0) is 23.7. The zero-order valence-corrected chi connectivity index (χ0v) is 19.0. The van der Waals surface area contributed by atoms with Gasteiger partial charge in [-0.1, -0.05) is 12.1 Å². The Morgan fingerprint density at radius 3 is 2.88 bits per heavy atom. The molecule has 3 aromatic heterocycles. The number of nitrogens with zero attached hydrogens (tertiary/aromatic N) is 6. The van der Waals surface area contributed by atoms with E-state index in [-0.39, 0.29) is 5.82 Å². The molecule has 34 heavy (non-hydrogen) atoms. The molecule has 4 aromatic rings. The van der Waals surface area contributed by atoms with Gasteiger partial charge in [-0.2, -0.15) is 0 Å². The van der Waals surface area contributed by atoms with Crippen LogP contribution in [0.3, 0.4) is 0 Å². The van der Waals surface area contributed by atoms with Crippen LogP contribution in [0.1, 0.15) is 18.4 Å². The van der Waals surface area contributed by atoms with E-state index in [1.807, 2.05) is 22.9 Å². The van der Waals surface area contributed by atoms with Crippen LogP contribution in [-0.4, -0.2) is 56.8 Å². The van der Waals surface area contributed by atoms with Gasteiger partial charge in [0.2, 0.25) is 0 Å². The fraction of sp³-hybridized carbons (Fsp3) is 0.333. The lowest BCUT2D eigenvalue weighted by Gasteiger charge is -2.41. The predicted molar refractivity (Wildman–Crippen MR) is 129 cm³/mol. The molecule has 0 amide bonds. The minimum Gasteiger partial charge on any atom is -0.383 e. The van der Waals surface area contributed by atoms with Gasteiger partial charge in [-0.3, -0.25) is 4.98 Å². The maximum atomic E-state index is 13.9. The summed E-state index contributed by atoms with van der Waals surface area (Å²) in [5.41, 5.74) is 16.7. The highest BCUT2D eigenvalue weighted by Gasteiger charge is 2.33. The molecule has 0 saturated carbocycles. The number of aromatic nitrogens is 5. The fourth-order valence-electron chi connectivity index (χ4n) is 4.68. The predicted octanol–water partition coefficient (Wildman–Crippen LogP) is 2.60. The molecule has 1 aromatic carbocycles. The van der Waals surface area contributed by atoms with Gasteiger partial charge in [0.1, 0.15) is 17.7 Å². The van der Waals surface area contributed by atoms with Crippen LogP contribution < -0.4 is 16.4 Å². The summed E-state index contributed by atoms with van der Waals surface area (Å²) in [7, 11) is 1.67. The molecule has 9 nitrogen and oxygen atoms in total. The Morgan fingerprint density at radius 1 is 1.18 bits per heavy atom. The van der Waals surface area contributed by atoms with E-state index in [9.17, 15) is 4.39 Å². The maximum Gasteiger partial charge on any atom is 0.165 e. The van der Waals surface area contributed by atoms with Gasteiger partial charge >= 0.3 is 0 Å². The first-order chi connectivity index (χ1) is 16.5. The molecule has 1 fully saturated rings. The number of halogens is 1. The Kier molecular flexibility index (Phi) is 5.84. The molecule has 176 valence electrons. The van der Waals surface area contributed by atoms with Crippen molar-refractivity contribution in [2.75, 3.05) is 37.4 Å². The molecule has 0 radical (unpaired) electrons. The summed E-state index contributed by atoms with van der Waals surface area (Å²) in [6, 6.07) is 8.42. The second-order valence-corrected chi connectivity index (χ2v) is 8.83. The van der Waals surface area contributed by atoms with Gasteiger partial charge < -0.3 is 25.7 Å². The summed E-state index contributed by atoms with van der Waals surface area (Å²) in [5.74, 6) is 0.0314. The number of imidazole rings is 1. The van der Waals surface area contributed by atoms with Crippen LogP contribution >= 0.6 is 0 Å². The van der Waals surface area contributed by atoms with Crippen molar-refractivity contribution in [3.05, 3.63) is 60.6 Å². The van der Waals surface area contributed by atoms with E-state index >= 15 is 0 Å². The van der Waals surface area contributed by atoms with Gasteiger partial charge in [0.25, 0.3) is 0 Å². The van der Waals surface area contributed by atoms with Gasteiger partial charge in [-0.25, -0.2) is 19.3 Å². The van der Waals surface area contributed by atoms with Crippen molar-refractivity contribution in [3.8, 4) is 11.3 Å². The standard InChI is InChI=1S/C24H27FN8O/c1-34-13-24(27)6-3-7-32(12-24)20-10-28-19(16-4-2-5-18(25)8-16)9-17(20)11-33-15-31-21-22(26)29-14-30-23(21)33/h2,4-5,8-10,14-15H,3,6-7,11-13,27H2,1H3,(H2,26,29,30)/t24-/m1/s1. The Bertz CT molecular complexity index is 1320. The third-order valence-corrected chi connectivity index (χ3v) is 6.24. The van der Waals surface area contributed by atoms with Crippen molar-refractivity contribution in [1.29, 1.82) is 0 Å². The SMILES string of the molecule is COC[C@@]1(N)CCCN(c2cnc(-c3cccc(F)c3)cc2Cn2cnc3c(N)ncnc32)C1. The van der Waals surface area contributed by atoms with Crippen LogP contribution in [0.15, 0.2) is 49.2 Å². The molecule has 0 aliphatic carbocycles. The molecular weight excluding hydrogens is 435 g/mol. The number of ether oxygens (including phenoxy) is 1. The topological polar surface area (TPSA) is 121 Å². The smallest absolute Gasteiger partial charge is 0.165 e. The molecule has 10 heteroatoms. The third-order valence-electron chi connectivity index (χ3n) is 6.24. The van der Waals surface area contributed by atoms with E-state index < -0.39 is 5.54 Å². The second-order valence-electron chi connectivity index (χ2n) is 8.83. The lowest BCUT2D eigenvalue weighted by Crippen LogP contribution is -2.57. The number of rotatable bonds is 6. The number of nitrogen functional groups attached to an aromatic ring is 1. The first-order valence-corrected chi connectivity index (χ1v) is 11.1. The van der Waals surface area contributed by atoms with Gasteiger partial charge in [0.05, 0.1) is 42.6 Å². The number of nitrogens with two attached hydrogens (primary N) is 2. The van der Waals surface area contributed by atoms with Crippen molar-refractivity contribution in [3.63, 3.8) is 0 Å². The van der Waals surface area contributed by atoms with E-state index in [4.69, 9.17) is 16.2 Å². The number of piperidine rings is 1. The molecule has 4 heterocycles. The summed E-state index contributed by atoms with van der Waals surface area (Å²) >= 11 is 0. The van der Waals surface area contributed by atoms with Crippen LogP contribution in [-0.2, 0) is 11.3 Å². The minimum atomic E-state index is -0.436. The van der Waals surface area contributed by atoms with Crippen molar-refractivity contribution in [2.45, 2.75) is 24.9 Å². The highest BCUT2D eigenvalue weighted by molar-refractivity contribution is 5.81. The minimum absolute atomic E-state index is 0.304. The van der Waals surface area contributed by atoms with Crippen molar-refractivity contribution < 1.29 is 9.13 Å². The van der Waals surface area contributed by atoms with Gasteiger partial charge in [0.15, 0.2) is 11.5 Å². The quantitative estimate of drug-likeness (QED) is 0.449. The largest absolute Gasteiger partial charge is 0.383 e. The summed E-state index contributed by atoms with van der Waals surface area (Å²) in [6.07, 6.45) is 6.82. The van der Waals surface area contributed by atoms with E-state index in [2.05, 4.69) is 24.8 Å². The average molecular weight is 463 g/mol. The molecule has 4 N–H and O–H groups in total. The number of fused-ring (bicyclic) bond motifs is 1. The highest BCUT2D eigenvalue weighted by Crippen LogP contribution is 2.31. The first-order valence-electron chi connectivity index (χ1n) is 11.1. The summed E-state index contributed by atoms with van der Waals surface area (Å²) < 4.78 is 21.2. The number of anilines is 2. The zero-order valence-electron chi connectivity index (χ0n) is 19.0. The van der Waals surface area contributed by atoms with Crippen LogP contribution in [0.5, 0.6) is 0 Å². The van der Waals surface area contributed by atoms with Crippen LogP contribution in [0, 0.1) is 5.82 Å². The molecule has 0 spiro atoms. The maximum absolute atomic E-state index is 13.9. The number of hydrogen-bond acceptors (Lipinski definition) is 8. The normalized spacial score (nSPS) is 18.5. The van der Waals surface area contributed by atoms with Crippen LogP contribution in [0.25, 0.3) is 22.4 Å². The van der Waals surface area contributed by atoms with E-state index in [0.717, 1.165) is 30.6 Å². The summed E-state index contributed by atoms with van der Waals surface area (Å²) in [6.45, 7) is 2.46. The summed E-state index contributed by atoms with van der Waals surface area (Å²) in [4.78, 5) is 19.7. The van der Waals surface area contributed by atoms with Crippen LogP contribution in [0.2, 0.25) is 0 Å². The van der Waals surface area contributed by atoms with E-state index in [1.165, 1.54) is 18.5 Å². The van der Waals surface area contributed by atoms with Crippen molar-refractivity contribution in [1.82, 2.24) is 24.5 Å².